The van der Waals surface area contributed by atoms with Crippen LogP contribution in [0.2, 0.25) is 0 Å². The van der Waals surface area contributed by atoms with Crippen LogP contribution in [-0.4, -0.2) is 37.2 Å². The summed E-state index contributed by atoms with van der Waals surface area (Å²) in [5, 5.41) is 2.88. The van der Waals surface area contributed by atoms with Crippen LogP contribution in [0.25, 0.3) is 0 Å². The quantitative estimate of drug-likeness (QED) is 0.804. The van der Waals surface area contributed by atoms with Gasteiger partial charge in [0.05, 0.1) is 13.2 Å². The summed E-state index contributed by atoms with van der Waals surface area (Å²) >= 11 is 0. The van der Waals surface area contributed by atoms with Crippen molar-refractivity contribution < 1.29 is 9.53 Å². The number of para-hydroxylation sites is 1. The lowest BCUT2D eigenvalue weighted by Crippen LogP contribution is -2.43. The van der Waals surface area contributed by atoms with Crippen molar-refractivity contribution in [1.29, 1.82) is 0 Å². The van der Waals surface area contributed by atoms with E-state index in [0.29, 0.717) is 32.8 Å². The second kappa shape index (κ2) is 5.65. The van der Waals surface area contributed by atoms with E-state index in [0.717, 1.165) is 11.3 Å². The third-order valence-corrected chi connectivity index (χ3v) is 2.78. The van der Waals surface area contributed by atoms with E-state index in [1.165, 1.54) is 0 Å². The number of nitrogens with two attached hydrogens (primary N) is 1. The van der Waals surface area contributed by atoms with Crippen LogP contribution in [0.5, 0.6) is 0 Å². The molecule has 1 heterocycles. The summed E-state index contributed by atoms with van der Waals surface area (Å²) in [6.07, 6.45) is 0. The van der Waals surface area contributed by atoms with Gasteiger partial charge in [0.15, 0.2) is 0 Å². The Kier molecular flexibility index (Phi) is 3.95. The SMILES string of the molecule is NCc1ccccc1NC(=O)N1CCOCC1. The Hall–Kier alpha value is -1.59. The Bertz CT molecular complexity index is 389. The number of ether oxygens (including phenoxy) is 1. The normalized spacial score (nSPS) is 15.7. The Morgan fingerprint density at radius 2 is 2.06 bits per heavy atom. The molecular formula is C12H17N3O2. The fourth-order valence-corrected chi connectivity index (χ4v) is 1.78. The van der Waals surface area contributed by atoms with E-state index < -0.39 is 0 Å². The van der Waals surface area contributed by atoms with Crippen molar-refractivity contribution in [1.82, 2.24) is 4.90 Å². The molecule has 0 atom stereocenters. The van der Waals surface area contributed by atoms with E-state index >= 15 is 0 Å². The summed E-state index contributed by atoms with van der Waals surface area (Å²) in [5.41, 5.74) is 7.34. The lowest BCUT2D eigenvalue weighted by atomic mass is 10.2. The molecule has 0 aliphatic carbocycles. The molecule has 1 aliphatic heterocycles. The number of carbonyl (C=O) groups is 1. The Labute approximate surface area is 101 Å². The van der Waals surface area contributed by atoms with Gasteiger partial charge in [0, 0.05) is 25.3 Å². The number of hydrogen-bond donors (Lipinski definition) is 2. The maximum Gasteiger partial charge on any atom is 0.322 e. The third-order valence-electron chi connectivity index (χ3n) is 2.78. The molecule has 2 rings (SSSR count). The molecule has 17 heavy (non-hydrogen) atoms. The van der Waals surface area contributed by atoms with Crippen molar-refractivity contribution in [3.63, 3.8) is 0 Å². The zero-order chi connectivity index (χ0) is 12.1. The second-order valence-electron chi connectivity index (χ2n) is 3.89. The predicted molar refractivity (Wildman–Crippen MR) is 65.7 cm³/mol. The number of nitrogens with zero attached hydrogens (tertiary/aromatic N) is 1. The summed E-state index contributed by atoms with van der Waals surface area (Å²) in [6, 6.07) is 7.48. The monoisotopic (exact) mass is 235 g/mol. The van der Waals surface area contributed by atoms with Gasteiger partial charge in [0.25, 0.3) is 0 Å². The summed E-state index contributed by atoms with van der Waals surface area (Å²) in [4.78, 5) is 13.7. The van der Waals surface area contributed by atoms with Gasteiger partial charge in [-0.1, -0.05) is 18.2 Å². The number of rotatable bonds is 2. The van der Waals surface area contributed by atoms with Crippen LogP contribution in [0.1, 0.15) is 5.56 Å². The molecule has 1 saturated heterocycles. The maximum absolute atomic E-state index is 12.0. The molecule has 0 radical (unpaired) electrons. The molecule has 0 bridgehead atoms. The second-order valence-corrected chi connectivity index (χ2v) is 3.89. The first kappa shape index (κ1) is 11.9. The van der Waals surface area contributed by atoms with Gasteiger partial charge in [0.2, 0.25) is 0 Å². The molecule has 1 fully saturated rings. The van der Waals surface area contributed by atoms with Crippen LogP contribution in [0.15, 0.2) is 24.3 Å². The molecular weight excluding hydrogens is 218 g/mol. The van der Waals surface area contributed by atoms with Crippen molar-refractivity contribution in [2.45, 2.75) is 6.54 Å². The Morgan fingerprint density at radius 3 is 2.76 bits per heavy atom. The largest absolute Gasteiger partial charge is 0.378 e. The molecule has 1 aromatic rings. The van der Waals surface area contributed by atoms with Crippen molar-refractivity contribution in [3.8, 4) is 0 Å². The third kappa shape index (κ3) is 2.95. The van der Waals surface area contributed by atoms with Crippen LogP contribution in [-0.2, 0) is 11.3 Å². The smallest absolute Gasteiger partial charge is 0.322 e. The van der Waals surface area contributed by atoms with Gasteiger partial charge in [0.1, 0.15) is 0 Å². The summed E-state index contributed by atoms with van der Waals surface area (Å²) in [7, 11) is 0. The standard InChI is InChI=1S/C12H17N3O2/c13-9-10-3-1-2-4-11(10)14-12(16)15-5-7-17-8-6-15/h1-4H,5-9,13H2,(H,14,16). The zero-order valence-electron chi connectivity index (χ0n) is 9.69. The minimum absolute atomic E-state index is 0.0887. The van der Waals surface area contributed by atoms with Crippen molar-refractivity contribution in [3.05, 3.63) is 29.8 Å². The fraction of sp³-hybridized carbons (Fsp3) is 0.417. The molecule has 92 valence electrons. The molecule has 0 saturated carbocycles. The average molecular weight is 235 g/mol. The van der Waals surface area contributed by atoms with Gasteiger partial charge in [-0.15, -0.1) is 0 Å². The highest BCUT2D eigenvalue weighted by Crippen LogP contribution is 2.15. The Morgan fingerprint density at radius 1 is 1.35 bits per heavy atom. The molecule has 1 aromatic carbocycles. The van der Waals surface area contributed by atoms with Gasteiger partial charge < -0.3 is 20.7 Å². The van der Waals surface area contributed by atoms with Gasteiger partial charge >= 0.3 is 6.03 Å². The van der Waals surface area contributed by atoms with Gasteiger partial charge in [-0.3, -0.25) is 0 Å². The summed E-state index contributed by atoms with van der Waals surface area (Å²) < 4.78 is 5.20. The van der Waals surface area contributed by atoms with E-state index in [9.17, 15) is 4.79 Å². The highest BCUT2D eigenvalue weighted by atomic mass is 16.5. The molecule has 3 N–H and O–H groups in total. The van der Waals surface area contributed by atoms with E-state index in [1.54, 1.807) is 4.90 Å². The number of carbonyl (C=O) groups excluding carboxylic acids is 1. The highest BCUT2D eigenvalue weighted by molar-refractivity contribution is 5.90. The molecule has 1 aliphatic rings. The number of anilines is 1. The van der Waals surface area contributed by atoms with Crippen molar-refractivity contribution >= 4 is 11.7 Å². The van der Waals surface area contributed by atoms with E-state index in [2.05, 4.69) is 5.32 Å². The minimum atomic E-state index is -0.0887. The number of benzene rings is 1. The summed E-state index contributed by atoms with van der Waals surface area (Å²) in [5.74, 6) is 0. The molecule has 5 nitrogen and oxygen atoms in total. The highest BCUT2D eigenvalue weighted by Gasteiger charge is 2.17. The fourth-order valence-electron chi connectivity index (χ4n) is 1.78. The Balaban J connectivity index is 2.01. The first-order chi connectivity index (χ1) is 8.31. The van der Waals surface area contributed by atoms with E-state index in [-0.39, 0.29) is 6.03 Å². The van der Waals surface area contributed by atoms with Crippen LogP contribution in [0.3, 0.4) is 0 Å². The van der Waals surface area contributed by atoms with Crippen LogP contribution in [0, 0.1) is 0 Å². The van der Waals surface area contributed by atoms with E-state index in [1.807, 2.05) is 24.3 Å². The molecule has 0 aromatic heterocycles. The molecule has 0 spiro atoms. The first-order valence-corrected chi connectivity index (χ1v) is 5.73. The number of morpholine rings is 1. The van der Waals surface area contributed by atoms with Gasteiger partial charge in [-0.25, -0.2) is 4.79 Å². The summed E-state index contributed by atoms with van der Waals surface area (Å²) in [6.45, 7) is 2.89. The first-order valence-electron chi connectivity index (χ1n) is 5.73. The van der Waals surface area contributed by atoms with Crippen LogP contribution < -0.4 is 11.1 Å². The lowest BCUT2D eigenvalue weighted by Gasteiger charge is -2.27. The molecule has 2 amide bonds. The number of hydrogen-bond acceptors (Lipinski definition) is 3. The minimum Gasteiger partial charge on any atom is -0.378 e. The van der Waals surface area contributed by atoms with Crippen LogP contribution in [0.4, 0.5) is 10.5 Å². The van der Waals surface area contributed by atoms with Crippen molar-refractivity contribution in [2.75, 3.05) is 31.6 Å². The van der Waals surface area contributed by atoms with E-state index in [4.69, 9.17) is 10.5 Å². The number of nitrogens with one attached hydrogen (secondary N) is 1. The van der Waals surface area contributed by atoms with Crippen molar-refractivity contribution in [2.24, 2.45) is 5.73 Å². The lowest BCUT2D eigenvalue weighted by molar-refractivity contribution is 0.0564. The number of urea groups is 1. The van der Waals surface area contributed by atoms with Crippen LogP contribution >= 0.6 is 0 Å². The average Bonchev–Trinajstić information content (AvgIpc) is 2.40. The molecule has 5 heteroatoms. The van der Waals surface area contributed by atoms with Gasteiger partial charge in [-0.2, -0.15) is 0 Å². The topological polar surface area (TPSA) is 67.6 Å². The van der Waals surface area contributed by atoms with Gasteiger partial charge in [-0.05, 0) is 11.6 Å². The number of amides is 2. The maximum atomic E-state index is 12.0. The predicted octanol–water partition coefficient (Wildman–Crippen LogP) is 1.01. The molecule has 0 unspecified atom stereocenters. The zero-order valence-corrected chi connectivity index (χ0v) is 9.69.